The average Bonchev–Trinajstić information content (AvgIpc) is 3.46. The quantitative estimate of drug-likeness (QED) is 0.0195. The first kappa shape index (κ1) is 80.5. The molecule has 0 bridgehead atoms. The van der Waals surface area contributed by atoms with Gasteiger partial charge in [0, 0.05) is 12.8 Å². The third-order valence-corrected chi connectivity index (χ3v) is 17.4. The van der Waals surface area contributed by atoms with Crippen molar-refractivity contribution in [2.24, 2.45) is 0 Å². The Kier molecular flexibility index (Phi) is 62.8. The summed E-state index contributed by atoms with van der Waals surface area (Å²) in [6.07, 6.45) is 79.9. The maximum atomic E-state index is 12.9. The summed E-state index contributed by atoms with van der Waals surface area (Å²) in [7, 11) is 1.19. The number of allylic oxidation sites excluding steroid dienone is 4. The van der Waals surface area contributed by atoms with Crippen LogP contribution in [0.1, 0.15) is 373 Å². The van der Waals surface area contributed by atoms with E-state index in [1.54, 1.807) is 0 Å². The van der Waals surface area contributed by atoms with Gasteiger partial charge < -0.3 is 27.9 Å². The lowest BCUT2D eigenvalue weighted by atomic mass is 10.0. The minimum absolute atomic E-state index is 0.0272. The zero-order valence-corrected chi connectivity index (χ0v) is 56.4. The molecule has 0 heterocycles. The van der Waals surface area contributed by atoms with Gasteiger partial charge >= 0.3 is 11.9 Å². The van der Waals surface area contributed by atoms with Gasteiger partial charge in [-0.25, -0.2) is 0 Å². The molecule has 486 valence electrons. The number of carbonyl (C=O) groups is 2. The molecule has 0 saturated carbocycles. The number of hydrogen-bond donors (Lipinski definition) is 0. The molecule has 0 radical (unpaired) electrons. The Hall–Kier alpha value is -1.51. The van der Waals surface area contributed by atoms with Gasteiger partial charge in [0.25, 0.3) is 7.82 Å². The standard InChI is InChI=1S/C72H140NO8P/c1-6-8-10-12-14-16-18-20-22-24-26-28-30-32-33-34-35-36-37-38-39-41-43-45-47-49-51-53-55-57-59-61-63-65-72(75)81-70(69-80-82(76,77)79-67-66-73(3,4)5)68-78-71(74)64-62-60-58-56-54-52-50-48-46-44-42-40-31-29-27-25-23-21-19-17-15-13-11-9-7-2/h24-27,70H,6-23,28-69H2,1-5H3/b26-24-,27-25-. The molecule has 0 aromatic heterocycles. The van der Waals surface area contributed by atoms with Gasteiger partial charge in [0.15, 0.2) is 6.10 Å². The van der Waals surface area contributed by atoms with Crippen LogP contribution in [0.25, 0.3) is 0 Å². The Morgan fingerprint density at radius 1 is 0.366 bits per heavy atom. The van der Waals surface area contributed by atoms with E-state index >= 15 is 0 Å². The largest absolute Gasteiger partial charge is 0.756 e. The van der Waals surface area contributed by atoms with Crippen molar-refractivity contribution in [3.8, 4) is 0 Å². The molecule has 0 aliphatic carbocycles. The molecule has 0 fully saturated rings. The van der Waals surface area contributed by atoms with Crippen molar-refractivity contribution < 1.29 is 42.1 Å². The lowest BCUT2D eigenvalue weighted by Gasteiger charge is -2.28. The number of phosphoric acid groups is 1. The summed E-state index contributed by atoms with van der Waals surface area (Å²) in [5.41, 5.74) is 0. The molecule has 0 rings (SSSR count). The number of rotatable bonds is 68. The molecule has 0 aliphatic rings. The SMILES string of the molecule is CCCCCCCCCC/C=C\CCCCCCCCCCCCCCCCCCCCCCCC(=O)OC(COC(=O)CCCCCCCCCCCCCCC/C=C\CCCCCCCCCC)COP(=O)([O-])OCC[N+](C)(C)C. The molecule has 10 heteroatoms. The number of hydrogen-bond acceptors (Lipinski definition) is 8. The van der Waals surface area contributed by atoms with Gasteiger partial charge in [-0.2, -0.15) is 0 Å². The van der Waals surface area contributed by atoms with Gasteiger partial charge in [0.1, 0.15) is 19.8 Å². The van der Waals surface area contributed by atoms with Crippen LogP contribution < -0.4 is 4.89 Å². The fraction of sp³-hybridized carbons (Fsp3) is 0.917. The molecular weight excluding hydrogens is 1040 g/mol. The summed E-state index contributed by atoms with van der Waals surface area (Å²) < 4.78 is 34.3. The summed E-state index contributed by atoms with van der Waals surface area (Å²) in [6, 6.07) is 0. The van der Waals surface area contributed by atoms with Gasteiger partial charge in [0.2, 0.25) is 0 Å². The molecule has 0 spiro atoms. The number of esters is 2. The molecule has 82 heavy (non-hydrogen) atoms. The Balaban J connectivity index is 3.97. The highest BCUT2D eigenvalue weighted by Gasteiger charge is 2.22. The van der Waals surface area contributed by atoms with Crippen LogP contribution in [-0.4, -0.2) is 70.0 Å². The molecule has 0 amide bonds. The molecular formula is C72H140NO8P. The van der Waals surface area contributed by atoms with E-state index in [0.29, 0.717) is 17.4 Å². The number of phosphoric ester groups is 1. The van der Waals surface area contributed by atoms with Crippen molar-refractivity contribution in [1.82, 2.24) is 0 Å². The Morgan fingerprint density at radius 3 is 0.902 bits per heavy atom. The van der Waals surface area contributed by atoms with E-state index in [0.717, 1.165) is 32.1 Å². The highest BCUT2D eigenvalue weighted by molar-refractivity contribution is 7.45. The topological polar surface area (TPSA) is 111 Å². The van der Waals surface area contributed by atoms with Crippen LogP contribution in [-0.2, 0) is 32.7 Å². The van der Waals surface area contributed by atoms with Crippen molar-refractivity contribution in [3.63, 3.8) is 0 Å². The maximum Gasteiger partial charge on any atom is 0.306 e. The van der Waals surface area contributed by atoms with Gasteiger partial charge in [-0.1, -0.05) is 321 Å². The Bertz CT molecular complexity index is 1430. The Labute approximate surface area is 510 Å². The summed E-state index contributed by atoms with van der Waals surface area (Å²) in [6.45, 7) is 4.31. The number of quaternary nitrogens is 1. The van der Waals surface area contributed by atoms with Crippen LogP contribution in [0.4, 0.5) is 0 Å². The minimum Gasteiger partial charge on any atom is -0.756 e. The van der Waals surface area contributed by atoms with Crippen molar-refractivity contribution in [1.29, 1.82) is 0 Å². The monoisotopic (exact) mass is 1180 g/mol. The first-order chi connectivity index (χ1) is 40.0. The van der Waals surface area contributed by atoms with Gasteiger partial charge in [0.05, 0.1) is 27.7 Å². The fourth-order valence-corrected chi connectivity index (χ4v) is 11.6. The van der Waals surface area contributed by atoms with Crippen LogP contribution in [0.15, 0.2) is 24.3 Å². The molecule has 0 saturated heterocycles. The van der Waals surface area contributed by atoms with Gasteiger partial charge in [-0.3, -0.25) is 14.2 Å². The molecule has 9 nitrogen and oxygen atoms in total. The second-order valence-electron chi connectivity index (χ2n) is 26.0. The first-order valence-corrected chi connectivity index (χ1v) is 37.5. The van der Waals surface area contributed by atoms with Gasteiger partial charge in [-0.05, 0) is 64.2 Å². The van der Waals surface area contributed by atoms with Crippen molar-refractivity contribution >= 4 is 19.8 Å². The normalized spacial score (nSPS) is 13.2. The molecule has 0 aliphatic heterocycles. The lowest BCUT2D eigenvalue weighted by Crippen LogP contribution is -2.37. The van der Waals surface area contributed by atoms with E-state index in [1.807, 2.05) is 21.1 Å². The number of likely N-dealkylation sites (N-methyl/N-ethyl adjacent to an activating group) is 1. The number of ether oxygens (including phenoxy) is 2. The molecule has 2 unspecified atom stereocenters. The predicted molar refractivity (Wildman–Crippen MR) is 351 cm³/mol. The van der Waals surface area contributed by atoms with Gasteiger partial charge in [-0.15, -0.1) is 0 Å². The van der Waals surface area contributed by atoms with Crippen LogP contribution in [0, 0.1) is 0 Å². The molecule has 2 atom stereocenters. The van der Waals surface area contributed by atoms with E-state index in [-0.39, 0.29) is 32.0 Å². The lowest BCUT2D eigenvalue weighted by molar-refractivity contribution is -0.870. The number of unbranched alkanes of at least 4 members (excludes halogenated alkanes) is 50. The van der Waals surface area contributed by atoms with Crippen molar-refractivity contribution in [2.45, 2.75) is 380 Å². The third-order valence-electron chi connectivity index (χ3n) is 16.4. The van der Waals surface area contributed by atoms with Crippen LogP contribution >= 0.6 is 7.82 Å². The van der Waals surface area contributed by atoms with E-state index in [2.05, 4.69) is 38.2 Å². The van der Waals surface area contributed by atoms with Crippen LogP contribution in [0.3, 0.4) is 0 Å². The van der Waals surface area contributed by atoms with Crippen molar-refractivity contribution in [2.75, 3.05) is 47.5 Å². The summed E-state index contributed by atoms with van der Waals surface area (Å²) in [4.78, 5) is 38.1. The second-order valence-corrected chi connectivity index (χ2v) is 27.4. The zero-order chi connectivity index (χ0) is 59.8. The van der Waals surface area contributed by atoms with Crippen LogP contribution in [0.5, 0.6) is 0 Å². The number of nitrogens with zero attached hydrogens (tertiary/aromatic N) is 1. The third kappa shape index (κ3) is 67.6. The van der Waals surface area contributed by atoms with E-state index in [4.69, 9.17) is 18.5 Å². The summed E-state index contributed by atoms with van der Waals surface area (Å²) in [5.74, 6) is -0.810. The zero-order valence-electron chi connectivity index (χ0n) is 55.5. The number of carbonyl (C=O) groups excluding carboxylic acids is 2. The summed E-state index contributed by atoms with van der Waals surface area (Å²) >= 11 is 0. The smallest absolute Gasteiger partial charge is 0.306 e. The van der Waals surface area contributed by atoms with E-state index < -0.39 is 26.5 Å². The molecule has 0 N–H and O–H groups in total. The highest BCUT2D eigenvalue weighted by Crippen LogP contribution is 2.38. The second kappa shape index (κ2) is 64.0. The average molecular weight is 1180 g/mol. The predicted octanol–water partition coefficient (Wildman–Crippen LogP) is 22.6. The minimum atomic E-state index is -4.64. The molecule has 0 aromatic carbocycles. The molecule has 0 aromatic rings. The maximum absolute atomic E-state index is 12.9. The first-order valence-electron chi connectivity index (χ1n) is 36.0. The van der Waals surface area contributed by atoms with E-state index in [1.165, 1.54) is 308 Å². The Morgan fingerprint density at radius 2 is 0.622 bits per heavy atom. The van der Waals surface area contributed by atoms with E-state index in [9.17, 15) is 19.0 Å². The van der Waals surface area contributed by atoms with Crippen molar-refractivity contribution in [3.05, 3.63) is 24.3 Å². The van der Waals surface area contributed by atoms with Crippen LogP contribution in [0.2, 0.25) is 0 Å². The fourth-order valence-electron chi connectivity index (χ4n) is 10.9. The highest BCUT2D eigenvalue weighted by atomic mass is 31.2. The summed E-state index contributed by atoms with van der Waals surface area (Å²) in [5, 5.41) is 0.